The number of benzene rings is 1. The van der Waals surface area contributed by atoms with E-state index in [1.54, 1.807) is 0 Å². The Morgan fingerprint density at radius 2 is 2.00 bits per heavy atom. The fourth-order valence-corrected chi connectivity index (χ4v) is 3.90. The van der Waals surface area contributed by atoms with Crippen molar-refractivity contribution in [2.24, 2.45) is 0 Å². The van der Waals surface area contributed by atoms with Gasteiger partial charge in [-0.05, 0) is 38.2 Å². The lowest BCUT2D eigenvalue weighted by Crippen LogP contribution is -2.43. The van der Waals surface area contributed by atoms with E-state index in [-0.39, 0.29) is 12.1 Å². The van der Waals surface area contributed by atoms with Gasteiger partial charge in [0.25, 0.3) is 0 Å². The number of urea groups is 1. The molecule has 1 aromatic carbocycles. The Kier molecular flexibility index (Phi) is 4.42. The third kappa shape index (κ3) is 3.25. The Morgan fingerprint density at radius 1 is 1.20 bits per heavy atom. The number of aromatic nitrogens is 2. The number of amides is 2. The normalized spacial score (nSPS) is 21.0. The maximum absolute atomic E-state index is 12.6. The SMILES string of the molecule is Cc1ccccc1-c1noc([C@@H]2CCCN2C(=O)NC2CCCC2)n1. The van der Waals surface area contributed by atoms with Gasteiger partial charge in [-0.15, -0.1) is 0 Å². The Bertz CT molecular complexity index is 751. The Balaban J connectivity index is 1.51. The molecule has 0 unspecified atom stereocenters. The molecule has 2 amide bonds. The maximum Gasteiger partial charge on any atom is 0.318 e. The summed E-state index contributed by atoms with van der Waals surface area (Å²) in [4.78, 5) is 19.1. The molecule has 2 aliphatic rings. The number of aryl methyl sites for hydroxylation is 1. The average molecular weight is 340 g/mol. The summed E-state index contributed by atoms with van der Waals surface area (Å²) in [6, 6.07) is 8.18. The van der Waals surface area contributed by atoms with Crippen LogP contribution in [-0.2, 0) is 0 Å². The first-order valence-corrected chi connectivity index (χ1v) is 9.19. The number of carbonyl (C=O) groups is 1. The minimum absolute atomic E-state index is 0.00467. The van der Waals surface area contributed by atoms with E-state index in [1.807, 2.05) is 36.1 Å². The highest BCUT2D eigenvalue weighted by molar-refractivity contribution is 5.75. The molecule has 0 spiro atoms. The van der Waals surface area contributed by atoms with Crippen LogP contribution in [-0.4, -0.2) is 33.7 Å². The molecule has 6 nitrogen and oxygen atoms in total. The van der Waals surface area contributed by atoms with Crippen molar-refractivity contribution in [3.63, 3.8) is 0 Å². The van der Waals surface area contributed by atoms with Crippen LogP contribution in [0.1, 0.15) is 56.0 Å². The van der Waals surface area contributed by atoms with Gasteiger partial charge in [-0.3, -0.25) is 0 Å². The van der Waals surface area contributed by atoms with E-state index in [0.29, 0.717) is 17.8 Å². The second-order valence-corrected chi connectivity index (χ2v) is 7.05. The second kappa shape index (κ2) is 6.86. The number of hydrogen-bond acceptors (Lipinski definition) is 4. The molecular formula is C19H24N4O2. The van der Waals surface area contributed by atoms with Gasteiger partial charge in [0.05, 0.1) is 0 Å². The minimum Gasteiger partial charge on any atom is -0.337 e. The van der Waals surface area contributed by atoms with Crippen molar-refractivity contribution in [2.75, 3.05) is 6.54 Å². The molecule has 6 heteroatoms. The quantitative estimate of drug-likeness (QED) is 0.921. The number of nitrogens with one attached hydrogen (secondary N) is 1. The molecular weight excluding hydrogens is 316 g/mol. The van der Waals surface area contributed by atoms with Crippen LogP contribution in [0.15, 0.2) is 28.8 Å². The predicted molar refractivity (Wildman–Crippen MR) is 93.9 cm³/mol. The van der Waals surface area contributed by atoms with Gasteiger partial charge in [-0.2, -0.15) is 4.98 Å². The highest BCUT2D eigenvalue weighted by Crippen LogP contribution is 2.32. The summed E-state index contributed by atoms with van der Waals surface area (Å²) in [6.07, 6.45) is 6.42. The third-order valence-corrected chi connectivity index (χ3v) is 5.31. The summed E-state index contributed by atoms with van der Waals surface area (Å²) in [7, 11) is 0. The molecule has 1 atom stereocenters. The minimum atomic E-state index is -0.119. The molecule has 0 radical (unpaired) electrons. The number of likely N-dealkylation sites (tertiary alicyclic amines) is 1. The molecule has 4 rings (SSSR count). The van der Waals surface area contributed by atoms with Crippen LogP contribution >= 0.6 is 0 Å². The van der Waals surface area contributed by atoms with Crippen LogP contribution in [0.25, 0.3) is 11.4 Å². The van der Waals surface area contributed by atoms with Crippen LogP contribution in [0, 0.1) is 6.92 Å². The molecule has 2 fully saturated rings. The van der Waals surface area contributed by atoms with E-state index >= 15 is 0 Å². The van der Waals surface area contributed by atoms with E-state index in [1.165, 1.54) is 12.8 Å². The zero-order chi connectivity index (χ0) is 17.2. The third-order valence-electron chi connectivity index (χ3n) is 5.31. The van der Waals surface area contributed by atoms with Crippen molar-refractivity contribution in [1.82, 2.24) is 20.4 Å². The van der Waals surface area contributed by atoms with Gasteiger partial charge in [0.15, 0.2) is 0 Å². The van der Waals surface area contributed by atoms with Gasteiger partial charge < -0.3 is 14.7 Å². The molecule has 2 heterocycles. The lowest BCUT2D eigenvalue weighted by molar-refractivity contribution is 0.177. The van der Waals surface area contributed by atoms with Gasteiger partial charge in [0.2, 0.25) is 11.7 Å². The summed E-state index contributed by atoms with van der Waals surface area (Å²) >= 11 is 0. The molecule has 1 aliphatic carbocycles. The highest BCUT2D eigenvalue weighted by atomic mass is 16.5. The monoisotopic (exact) mass is 340 g/mol. The van der Waals surface area contributed by atoms with Gasteiger partial charge in [0.1, 0.15) is 6.04 Å². The summed E-state index contributed by atoms with van der Waals surface area (Å²) in [5.41, 5.74) is 2.08. The van der Waals surface area contributed by atoms with Crippen molar-refractivity contribution in [3.8, 4) is 11.4 Å². The van der Waals surface area contributed by atoms with Crippen LogP contribution in [0.3, 0.4) is 0 Å². The van der Waals surface area contributed by atoms with Gasteiger partial charge in [-0.1, -0.05) is 42.3 Å². The zero-order valence-corrected chi connectivity index (χ0v) is 14.6. The lowest BCUT2D eigenvalue weighted by atomic mass is 10.1. The zero-order valence-electron chi connectivity index (χ0n) is 14.6. The van der Waals surface area contributed by atoms with Gasteiger partial charge in [-0.25, -0.2) is 4.79 Å². The average Bonchev–Trinajstić information content (AvgIpc) is 3.36. The topological polar surface area (TPSA) is 71.3 Å². The molecule has 132 valence electrons. The first-order chi connectivity index (χ1) is 12.2. The number of carbonyl (C=O) groups excluding carboxylic acids is 1. The summed E-state index contributed by atoms with van der Waals surface area (Å²) in [6.45, 7) is 2.77. The molecule has 1 aliphatic heterocycles. The van der Waals surface area contributed by atoms with Crippen molar-refractivity contribution in [3.05, 3.63) is 35.7 Å². The molecule has 25 heavy (non-hydrogen) atoms. The molecule has 1 N–H and O–H groups in total. The summed E-state index contributed by atoms with van der Waals surface area (Å²) in [5, 5.41) is 7.31. The number of rotatable bonds is 3. The number of hydrogen-bond donors (Lipinski definition) is 1. The maximum atomic E-state index is 12.6. The van der Waals surface area contributed by atoms with Crippen molar-refractivity contribution < 1.29 is 9.32 Å². The lowest BCUT2D eigenvalue weighted by Gasteiger charge is -2.24. The van der Waals surface area contributed by atoms with Crippen molar-refractivity contribution in [2.45, 2.75) is 57.5 Å². The predicted octanol–water partition coefficient (Wildman–Crippen LogP) is 3.83. The molecule has 2 aromatic rings. The summed E-state index contributed by atoms with van der Waals surface area (Å²) < 4.78 is 5.53. The largest absolute Gasteiger partial charge is 0.337 e. The van der Waals surface area contributed by atoms with Crippen molar-refractivity contribution >= 4 is 6.03 Å². The van der Waals surface area contributed by atoms with Crippen LogP contribution in [0.4, 0.5) is 4.79 Å². The van der Waals surface area contributed by atoms with Crippen LogP contribution < -0.4 is 5.32 Å². The van der Waals surface area contributed by atoms with Gasteiger partial charge >= 0.3 is 6.03 Å². The van der Waals surface area contributed by atoms with E-state index in [0.717, 1.165) is 43.4 Å². The molecule has 1 saturated carbocycles. The second-order valence-electron chi connectivity index (χ2n) is 7.05. The fourth-order valence-electron chi connectivity index (χ4n) is 3.90. The fraction of sp³-hybridized carbons (Fsp3) is 0.526. The molecule has 0 bridgehead atoms. The summed E-state index contributed by atoms with van der Waals surface area (Å²) in [5.74, 6) is 1.13. The Hall–Kier alpha value is -2.37. The van der Waals surface area contributed by atoms with Crippen LogP contribution in [0.5, 0.6) is 0 Å². The van der Waals surface area contributed by atoms with Crippen LogP contribution in [0.2, 0.25) is 0 Å². The van der Waals surface area contributed by atoms with E-state index < -0.39 is 0 Å². The Labute approximate surface area is 147 Å². The molecule has 1 saturated heterocycles. The first kappa shape index (κ1) is 16.1. The first-order valence-electron chi connectivity index (χ1n) is 9.19. The number of nitrogens with zero attached hydrogens (tertiary/aromatic N) is 3. The smallest absolute Gasteiger partial charge is 0.318 e. The highest BCUT2D eigenvalue weighted by Gasteiger charge is 2.35. The molecule has 1 aromatic heterocycles. The standard InChI is InChI=1S/C19H24N4O2/c1-13-7-2-5-10-15(13)17-21-18(25-22-17)16-11-6-12-23(16)19(24)20-14-8-3-4-9-14/h2,5,7,10,14,16H,3-4,6,8-9,11-12H2,1H3,(H,20,24)/t16-/m0/s1. The van der Waals surface area contributed by atoms with E-state index in [2.05, 4.69) is 15.5 Å². The Morgan fingerprint density at radius 3 is 2.80 bits per heavy atom. The van der Waals surface area contributed by atoms with Crippen molar-refractivity contribution in [1.29, 1.82) is 0 Å². The van der Waals surface area contributed by atoms with E-state index in [9.17, 15) is 4.79 Å². The van der Waals surface area contributed by atoms with E-state index in [4.69, 9.17) is 4.52 Å². The van der Waals surface area contributed by atoms with Gasteiger partial charge in [0, 0.05) is 18.2 Å².